The molecule has 1 N–H and O–H groups in total. The largest absolute Gasteiger partial charge is 0.487 e. The zero-order valence-corrected chi connectivity index (χ0v) is 16.4. The fourth-order valence-electron chi connectivity index (χ4n) is 2.69. The fourth-order valence-corrected chi connectivity index (χ4v) is 4.00. The van der Waals surface area contributed by atoms with Crippen molar-refractivity contribution in [2.45, 2.75) is 6.61 Å². The van der Waals surface area contributed by atoms with Gasteiger partial charge >= 0.3 is 5.97 Å². The number of rotatable bonds is 5. The summed E-state index contributed by atoms with van der Waals surface area (Å²) in [6, 6.07) is 10.8. The molecule has 0 amide bonds. The number of carboxylic acids is 1. The summed E-state index contributed by atoms with van der Waals surface area (Å²) in [6.07, 6.45) is 1.60. The smallest absolute Gasteiger partial charge is 0.349 e. The van der Waals surface area contributed by atoms with Crippen molar-refractivity contribution in [2.24, 2.45) is 0 Å². The Bertz CT molecular complexity index is 1210. The molecule has 0 aliphatic heterocycles. The number of hydrogen-bond donors (Lipinski definition) is 1. The van der Waals surface area contributed by atoms with E-state index in [9.17, 15) is 14.3 Å². The number of nitrogens with zero attached hydrogens (tertiary/aromatic N) is 2. The normalized spacial score (nSPS) is 11.1. The van der Waals surface area contributed by atoms with E-state index in [4.69, 9.17) is 27.9 Å². The summed E-state index contributed by atoms with van der Waals surface area (Å²) in [4.78, 5) is 16.0. The van der Waals surface area contributed by atoms with Crippen LogP contribution < -0.4 is 4.74 Å². The Balaban J connectivity index is 1.69. The van der Waals surface area contributed by atoms with Crippen LogP contribution in [0.15, 0.2) is 48.8 Å². The first kappa shape index (κ1) is 18.7. The Labute approximate surface area is 172 Å². The van der Waals surface area contributed by atoms with E-state index in [1.54, 1.807) is 35.2 Å². The number of carbonyl (C=O) groups is 1. The molecule has 4 rings (SSSR count). The molecule has 0 atom stereocenters. The van der Waals surface area contributed by atoms with Gasteiger partial charge in [-0.1, -0.05) is 29.3 Å². The predicted molar refractivity (Wildman–Crippen MR) is 107 cm³/mol. The first-order valence-corrected chi connectivity index (χ1v) is 9.56. The van der Waals surface area contributed by atoms with Gasteiger partial charge in [-0.25, -0.2) is 14.2 Å². The van der Waals surface area contributed by atoms with Crippen LogP contribution in [-0.2, 0) is 6.61 Å². The van der Waals surface area contributed by atoms with Crippen LogP contribution in [0.4, 0.5) is 4.39 Å². The maximum absolute atomic E-state index is 13.2. The SMILES string of the molecule is O=C(O)c1sc(-n2cnc3ccc(Cl)cc32)cc1OCc1ccc(F)cc1Cl. The zero-order chi connectivity index (χ0) is 19.8. The second-order valence-corrected chi connectivity index (χ2v) is 7.73. The highest BCUT2D eigenvalue weighted by Gasteiger charge is 2.19. The number of aromatic nitrogens is 2. The summed E-state index contributed by atoms with van der Waals surface area (Å²) in [6.45, 7) is 0.00602. The van der Waals surface area contributed by atoms with E-state index in [1.165, 1.54) is 18.2 Å². The van der Waals surface area contributed by atoms with Crippen molar-refractivity contribution in [3.8, 4) is 10.8 Å². The van der Waals surface area contributed by atoms with Crippen LogP contribution in [0.2, 0.25) is 10.0 Å². The summed E-state index contributed by atoms with van der Waals surface area (Å²) < 4.78 is 20.6. The summed E-state index contributed by atoms with van der Waals surface area (Å²) in [5, 5.41) is 10.9. The van der Waals surface area contributed by atoms with E-state index >= 15 is 0 Å². The second-order valence-electron chi connectivity index (χ2n) is 5.86. The molecular weight excluding hydrogens is 426 g/mol. The number of carboxylic acid groups (broad SMARTS) is 1. The van der Waals surface area contributed by atoms with Gasteiger partial charge in [0.15, 0.2) is 4.88 Å². The van der Waals surface area contributed by atoms with Crippen LogP contribution in [-0.4, -0.2) is 20.6 Å². The molecule has 0 bridgehead atoms. The minimum Gasteiger partial charge on any atom is -0.487 e. The molecule has 0 aliphatic carbocycles. The fraction of sp³-hybridized carbons (Fsp3) is 0.0526. The highest BCUT2D eigenvalue weighted by Crippen LogP contribution is 2.35. The molecule has 9 heteroatoms. The van der Waals surface area contributed by atoms with E-state index in [0.717, 1.165) is 22.4 Å². The number of thiophene rings is 1. The molecule has 28 heavy (non-hydrogen) atoms. The third kappa shape index (κ3) is 3.56. The minimum absolute atomic E-state index is 0.00602. The van der Waals surface area contributed by atoms with Gasteiger partial charge in [-0.05, 0) is 30.3 Å². The monoisotopic (exact) mass is 436 g/mol. The van der Waals surface area contributed by atoms with E-state index < -0.39 is 11.8 Å². The van der Waals surface area contributed by atoms with Gasteiger partial charge in [-0.15, -0.1) is 11.3 Å². The standard InChI is InChI=1S/C19H11Cl2FN2O3S/c20-11-2-4-14-15(5-11)24(9-23-14)17-7-16(18(28-17)19(25)26)27-8-10-1-3-12(22)6-13(10)21/h1-7,9H,8H2,(H,25,26). The van der Waals surface area contributed by atoms with E-state index in [1.807, 2.05) is 0 Å². The Hall–Kier alpha value is -2.61. The highest BCUT2D eigenvalue weighted by atomic mass is 35.5. The third-order valence-corrected chi connectivity index (χ3v) is 5.71. The molecule has 142 valence electrons. The van der Waals surface area contributed by atoms with Gasteiger partial charge in [0.25, 0.3) is 0 Å². The van der Waals surface area contributed by atoms with E-state index in [2.05, 4.69) is 4.98 Å². The number of aromatic carboxylic acids is 1. The molecule has 2 heterocycles. The van der Waals surface area contributed by atoms with Crippen LogP contribution in [0.3, 0.4) is 0 Å². The highest BCUT2D eigenvalue weighted by molar-refractivity contribution is 7.16. The van der Waals surface area contributed by atoms with Gasteiger partial charge in [0, 0.05) is 16.7 Å². The lowest BCUT2D eigenvalue weighted by Gasteiger charge is -2.07. The van der Waals surface area contributed by atoms with Crippen LogP contribution >= 0.6 is 34.5 Å². The number of halogens is 3. The van der Waals surface area contributed by atoms with Crippen molar-refractivity contribution >= 4 is 51.5 Å². The first-order valence-electron chi connectivity index (χ1n) is 7.99. The Morgan fingerprint density at radius 2 is 2.04 bits per heavy atom. The van der Waals surface area contributed by atoms with Crippen molar-refractivity contribution in [2.75, 3.05) is 0 Å². The van der Waals surface area contributed by atoms with Gasteiger partial charge < -0.3 is 9.84 Å². The van der Waals surface area contributed by atoms with Crippen LogP contribution in [0.1, 0.15) is 15.2 Å². The van der Waals surface area contributed by atoms with Gasteiger partial charge in [0.1, 0.15) is 29.5 Å². The summed E-state index contributed by atoms with van der Waals surface area (Å²) in [5.41, 5.74) is 2.03. The predicted octanol–water partition coefficient (Wildman–Crippen LogP) is 5.81. The number of imidazole rings is 1. The maximum Gasteiger partial charge on any atom is 0.349 e. The maximum atomic E-state index is 13.2. The van der Waals surface area contributed by atoms with Gasteiger partial charge in [-0.3, -0.25) is 4.57 Å². The lowest BCUT2D eigenvalue weighted by atomic mass is 10.2. The van der Waals surface area contributed by atoms with Crippen molar-refractivity contribution < 1.29 is 19.0 Å². The summed E-state index contributed by atoms with van der Waals surface area (Å²) in [5.74, 6) is -1.38. The lowest BCUT2D eigenvalue weighted by Crippen LogP contribution is -2.00. The lowest BCUT2D eigenvalue weighted by molar-refractivity contribution is 0.0697. The number of fused-ring (bicyclic) bond motifs is 1. The Kier molecular flexibility index (Phi) is 4.97. The Morgan fingerprint density at radius 3 is 2.79 bits per heavy atom. The molecule has 2 aromatic heterocycles. The molecule has 0 saturated heterocycles. The molecular formula is C19H11Cl2FN2O3S. The topological polar surface area (TPSA) is 64.3 Å². The molecule has 2 aromatic carbocycles. The molecule has 5 nitrogen and oxygen atoms in total. The van der Waals surface area contributed by atoms with Gasteiger partial charge in [0.2, 0.25) is 0 Å². The summed E-state index contributed by atoms with van der Waals surface area (Å²) in [7, 11) is 0. The van der Waals surface area contributed by atoms with E-state index in [0.29, 0.717) is 15.6 Å². The first-order chi connectivity index (χ1) is 13.4. The molecule has 0 spiro atoms. The van der Waals surface area contributed by atoms with Crippen LogP contribution in [0.5, 0.6) is 5.75 Å². The van der Waals surface area contributed by atoms with E-state index in [-0.39, 0.29) is 22.3 Å². The van der Waals surface area contributed by atoms with Crippen molar-refractivity contribution in [1.82, 2.24) is 9.55 Å². The quantitative estimate of drug-likeness (QED) is 0.428. The molecule has 0 saturated carbocycles. The number of hydrogen-bond acceptors (Lipinski definition) is 4. The molecule has 0 fully saturated rings. The summed E-state index contributed by atoms with van der Waals surface area (Å²) >= 11 is 13.1. The van der Waals surface area contributed by atoms with Crippen molar-refractivity contribution in [3.63, 3.8) is 0 Å². The van der Waals surface area contributed by atoms with Gasteiger partial charge in [0.05, 0.1) is 16.1 Å². The number of benzene rings is 2. The molecule has 0 radical (unpaired) electrons. The third-order valence-electron chi connectivity index (χ3n) is 4.02. The minimum atomic E-state index is -1.11. The van der Waals surface area contributed by atoms with Gasteiger partial charge in [-0.2, -0.15) is 0 Å². The average molecular weight is 437 g/mol. The van der Waals surface area contributed by atoms with Crippen LogP contribution in [0, 0.1) is 5.82 Å². The molecule has 0 aliphatic rings. The molecule has 4 aromatic rings. The van der Waals surface area contributed by atoms with Crippen molar-refractivity contribution in [1.29, 1.82) is 0 Å². The van der Waals surface area contributed by atoms with Crippen molar-refractivity contribution in [3.05, 3.63) is 75.1 Å². The van der Waals surface area contributed by atoms with Crippen LogP contribution in [0.25, 0.3) is 16.0 Å². The second kappa shape index (κ2) is 7.43. The zero-order valence-electron chi connectivity index (χ0n) is 14.0. The molecule has 0 unspecified atom stereocenters. The average Bonchev–Trinajstić information content (AvgIpc) is 3.24. The number of ether oxygens (including phenoxy) is 1. The Morgan fingerprint density at radius 1 is 1.21 bits per heavy atom.